The fourth-order valence-corrected chi connectivity index (χ4v) is 2.85. The van der Waals surface area contributed by atoms with Crippen LogP contribution < -0.4 is 0 Å². The van der Waals surface area contributed by atoms with Crippen LogP contribution in [0.5, 0.6) is 0 Å². The van der Waals surface area contributed by atoms with Gasteiger partial charge in [-0.25, -0.2) is 9.48 Å². The molecule has 98 valence electrons. The highest BCUT2D eigenvalue weighted by molar-refractivity contribution is 5.87. The van der Waals surface area contributed by atoms with Crippen molar-refractivity contribution in [2.75, 3.05) is 0 Å². The smallest absolute Gasteiger partial charge is 0.356 e. The third-order valence-corrected chi connectivity index (χ3v) is 3.71. The lowest BCUT2D eigenvalue weighted by Gasteiger charge is -2.09. The molecule has 4 nitrogen and oxygen atoms in total. The number of carbonyl (C=O) groups is 1. The molecule has 0 saturated heterocycles. The Labute approximate surface area is 111 Å². The largest absolute Gasteiger partial charge is 0.476 e. The minimum absolute atomic E-state index is 0.215. The molecule has 0 radical (unpaired) electrons. The molecule has 1 heterocycles. The Bertz CT molecular complexity index is 671. The number of rotatable bonds is 2. The molecule has 0 saturated carbocycles. The van der Waals surface area contributed by atoms with Gasteiger partial charge >= 0.3 is 5.97 Å². The van der Waals surface area contributed by atoms with E-state index in [9.17, 15) is 9.90 Å². The third kappa shape index (κ3) is 1.84. The van der Waals surface area contributed by atoms with Gasteiger partial charge in [-0.2, -0.15) is 5.10 Å². The van der Waals surface area contributed by atoms with E-state index >= 15 is 0 Å². The Kier molecular flexibility index (Phi) is 2.66. The van der Waals surface area contributed by atoms with Crippen molar-refractivity contribution >= 4 is 5.97 Å². The summed E-state index contributed by atoms with van der Waals surface area (Å²) in [7, 11) is 0. The van der Waals surface area contributed by atoms with Gasteiger partial charge in [0.15, 0.2) is 5.69 Å². The monoisotopic (exact) mass is 256 g/mol. The summed E-state index contributed by atoms with van der Waals surface area (Å²) < 4.78 is 1.82. The Balaban J connectivity index is 2.21. The van der Waals surface area contributed by atoms with Crippen LogP contribution in [0.2, 0.25) is 0 Å². The summed E-state index contributed by atoms with van der Waals surface area (Å²) in [5, 5.41) is 13.6. The predicted molar refractivity (Wildman–Crippen MR) is 72.0 cm³/mol. The van der Waals surface area contributed by atoms with E-state index in [1.54, 1.807) is 0 Å². The summed E-state index contributed by atoms with van der Waals surface area (Å²) in [6.07, 6.45) is 2.74. The van der Waals surface area contributed by atoms with Crippen LogP contribution in [-0.2, 0) is 12.8 Å². The predicted octanol–water partition coefficient (Wildman–Crippen LogP) is 2.68. The number of nitrogens with zero attached hydrogens (tertiary/aromatic N) is 2. The molecule has 0 spiro atoms. The van der Waals surface area contributed by atoms with Crippen molar-refractivity contribution in [3.63, 3.8) is 0 Å². The number of fused-ring (bicyclic) bond motifs is 1. The molecule has 19 heavy (non-hydrogen) atoms. The molecule has 4 heteroatoms. The maximum atomic E-state index is 11.3. The molecule has 1 N–H and O–H groups in total. The third-order valence-electron chi connectivity index (χ3n) is 3.71. The second-order valence-electron chi connectivity index (χ2n) is 5.13. The van der Waals surface area contributed by atoms with Crippen molar-refractivity contribution in [1.82, 2.24) is 9.78 Å². The van der Waals surface area contributed by atoms with Gasteiger partial charge in [0.2, 0.25) is 0 Å². The second kappa shape index (κ2) is 4.23. The first-order valence-electron chi connectivity index (χ1n) is 6.49. The summed E-state index contributed by atoms with van der Waals surface area (Å²) in [6, 6.07) is 6.15. The first kappa shape index (κ1) is 12.0. The van der Waals surface area contributed by atoms with Crippen molar-refractivity contribution in [3.8, 4) is 5.69 Å². The lowest BCUT2D eigenvalue weighted by molar-refractivity contribution is 0.0689. The van der Waals surface area contributed by atoms with Crippen molar-refractivity contribution < 1.29 is 9.90 Å². The lowest BCUT2D eigenvalue weighted by atomic mass is 10.1. The zero-order valence-corrected chi connectivity index (χ0v) is 11.1. The summed E-state index contributed by atoms with van der Waals surface area (Å²) in [5.74, 6) is -0.929. The minimum atomic E-state index is -0.929. The van der Waals surface area contributed by atoms with E-state index < -0.39 is 5.97 Å². The number of hydrogen-bond donors (Lipinski definition) is 1. The van der Waals surface area contributed by atoms with Crippen LogP contribution in [0.25, 0.3) is 5.69 Å². The molecule has 0 aliphatic heterocycles. The number of aryl methyl sites for hydroxylation is 2. The lowest BCUT2D eigenvalue weighted by Crippen LogP contribution is -2.06. The number of hydrogen-bond acceptors (Lipinski definition) is 2. The number of aromatic nitrogens is 2. The van der Waals surface area contributed by atoms with E-state index in [4.69, 9.17) is 0 Å². The number of aromatic carboxylic acids is 1. The van der Waals surface area contributed by atoms with Crippen LogP contribution in [0.3, 0.4) is 0 Å². The first-order valence-corrected chi connectivity index (χ1v) is 6.49. The van der Waals surface area contributed by atoms with Crippen LogP contribution >= 0.6 is 0 Å². The van der Waals surface area contributed by atoms with Crippen molar-refractivity contribution in [2.45, 2.75) is 33.1 Å². The van der Waals surface area contributed by atoms with Crippen molar-refractivity contribution in [2.24, 2.45) is 0 Å². The van der Waals surface area contributed by atoms with Crippen LogP contribution in [-0.4, -0.2) is 20.9 Å². The molecule has 1 aromatic heterocycles. The minimum Gasteiger partial charge on any atom is -0.476 e. The molecule has 3 rings (SSSR count). The van der Waals surface area contributed by atoms with Crippen LogP contribution in [0, 0.1) is 13.8 Å². The normalized spacial score (nSPS) is 13.6. The Morgan fingerprint density at radius 3 is 2.79 bits per heavy atom. The van der Waals surface area contributed by atoms with E-state index in [2.05, 4.69) is 11.2 Å². The Morgan fingerprint density at radius 1 is 1.32 bits per heavy atom. The highest BCUT2D eigenvalue weighted by atomic mass is 16.4. The van der Waals surface area contributed by atoms with Gasteiger partial charge in [0.05, 0.1) is 5.69 Å². The summed E-state index contributed by atoms with van der Waals surface area (Å²) in [5.41, 5.74) is 5.48. The Morgan fingerprint density at radius 2 is 2.11 bits per heavy atom. The quantitative estimate of drug-likeness (QED) is 0.898. The molecule has 0 fully saturated rings. The van der Waals surface area contributed by atoms with Gasteiger partial charge in [-0.1, -0.05) is 17.7 Å². The van der Waals surface area contributed by atoms with Crippen molar-refractivity contribution in [3.05, 3.63) is 46.3 Å². The van der Waals surface area contributed by atoms with E-state index in [0.717, 1.165) is 41.8 Å². The molecule has 1 aliphatic carbocycles. The SMILES string of the molecule is Cc1ccc(-n2nc(C(=O)O)c3c2CCC3)c(C)c1. The summed E-state index contributed by atoms with van der Waals surface area (Å²) >= 11 is 0. The fraction of sp³-hybridized carbons (Fsp3) is 0.333. The topological polar surface area (TPSA) is 55.1 Å². The Hall–Kier alpha value is -2.10. The van der Waals surface area contributed by atoms with Gasteiger partial charge in [0, 0.05) is 11.3 Å². The molecule has 2 aromatic rings. The van der Waals surface area contributed by atoms with E-state index in [-0.39, 0.29) is 5.69 Å². The summed E-state index contributed by atoms with van der Waals surface area (Å²) in [4.78, 5) is 11.3. The highest BCUT2D eigenvalue weighted by Gasteiger charge is 2.26. The van der Waals surface area contributed by atoms with Crippen LogP contribution in [0.15, 0.2) is 18.2 Å². The van der Waals surface area contributed by atoms with Gasteiger partial charge in [0.1, 0.15) is 0 Å². The maximum Gasteiger partial charge on any atom is 0.356 e. The van der Waals surface area contributed by atoms with Gasteiger partial charge < -0.3 is 5.11 Å². The molecule has 1 aromatic carbocycles. The molecular weight excluding hydrogens is 240 g/mol. The molecular formula is C15H16N2O2. The number of benzene rings is 1. The van der Waals surface area contributed by atoms with E-state index in [1.165, 1.54) is 5.56 Å². The summed E-state index contributed by atoms with van der Waals surface area (Å²) in [6.45, 7) is 4.08. The molecule has 0 amide bonds. The molecule has 0 atom stereocenters. The van der Waals surface area contributed by atoms with Crippen LogP contribution in [0.4, 0.5) is 0 Å². The highest BCUT2D eigenvalue weighted by Crippen LogP contribution is 2.29. The molecule has 0 unspecified atom stereocenters. The number of carboxylic acid groups (broad SMARTS) is 1. The zero-order chi connectivity index (χ0) is 13.6. The zero-order valence-electron chi connectivity index (χ0n) is 11.1. The van der Waals surface area contributed by atoms with Gasteiger partial charge in [-0.15, -0.1) is 0 Å². The van der Waals surface area contributed by atoms with Gasteiger partial charge in [-0.3, -0.25) is 0 Å². The fourth-order valence-electron chi connectivity index (χ4n) is 2.85. The number of carboxylic acids is 1. The first-order chi connectivity index (χ1) is 9.08. The van der Waals surface area contributed by atoms with Crippen LogP contribution in [0.1, 0.15) is 39.3 Å². The second-order valence-corrected chi connectivity index (χ2v) is 5.13. The van der Waals surface area contributed by atoms with E-state index in [1.807, 2.05) is 30.7 Å². The molecule has 0 bridgehead atoms. The average molecular weight is 256 g/mol. The van der Waals surface area contributed by atoms with Gasteiger partial charge in [-0.05, 0) is 44.7 Å². The van der Waals surface area contributed by atoms with Crippen molar-refractivity contribution in [1.29, 1.82) is 0 Å². The molecule has 1 aliphatic rings. The maximum absolute atomic E-state index is 11.3. The van der Waals surface area contributed by atoms with Gasteiger partial charge in [0.25, 0.3) is 0 Å². The average Bonchev–Trinajstić information content (AvgIpc) is 2.90. The standard InChI is InChI=1S/C15H16N2O2/c1-9-6-7-12(10(2)8-9)17-13-5-3-4-11(13)14(16-17)15(18)19/h6-8H,3-5H2,1-2H3,(H,18,19). The van der Waals surface area contributed by atoms with E-state index in [0.29, 0.717) is 0 Å².